The molecular weight excluding hydrogens is 373 g/mol. The van der Waals surface area contributed by atoms with E-state index in [1.165, 1.54) is 12.3 Å². The number of rotatable bonds is 3. The fraction of sp³-hybridized carbons (Fsp3) is 0.0526. The number of hydrogen-bond donors (Lipinski definition) is 0. The van der Waals surface area contributed by atoms with Gasteiger partial charge in [-0.15, -0.1) is 10.2 Å². The smallest absolute Gasteiger partial charge is 0.415 e. The summed E-state index contributed by atoms with van der Waals surface area (Å²) in [5.74, 6) is 0.0823. The molecule has 3 heterocycles. The average Bonchev–Trinajstić information content (AvgIpc) is 3.18. The number of aromatic nitrogens is 4. The highest BCUT2D eigenvalue weighted by Gasteiger charge is 2.35. The first-order valence-corrected chi connectivity index (χ1v) is 8.09. The molecule has 0 bridgehead atoms. The van der Waals surface area contributed by atoms with Crippen molar-refractivity contribution in [2.75, 3.05) is 0 Å². The lowest BCUT2D eigenvalue weighted by molar-refractivity contribution is -0.138. The average molecular weight is 384 g/mol. The lowest BCUT2D eigenvalue weighted by Crippen LogP contribution is -2.29. The van der Waals surface area contributed by atoms with Crippen LogP contribution in [0.25, 0.3) is 28.9 Å². The number of nitrogens with zero attached hydrogens (tertiary/aromatic N) is 4. The maximum Gasteiger partial charge on any atom is 0.421 e. The normalized spacial score (nSPS) is 11.5. The molecule has 0 saturated heterocycles. The van der Waals surface area contributed by atoms with Gasteiger partial charge in [0, 0.05) is 11.8 Å². The highest BCUT2D eigenvalue weighted by atomic mass is 19.4. The van der Waals surface area contributed by atoms with E-state index in [2.05, 4.69) is 15.2 Å². The molecule has 3 aromatic heterocycles. The van der Waals surface area contributed by atoms with E-state index in [9.17, 15) is 18.0 Å². The van der Waals surface area contributed by atoms with Crippen LogP contribution in [0.4, 0.5) is 13.2 Å². The summed E-state index contributed by atoms with van der Waals surface area (Å²) >= 11 is 0. The van der Waals surface area contributed by atoms with Crippen LogP contribution in [0.3, 0.4) is 0 Å². The molecule has 0 fully saturated rings. The molecule has 0 spiro atoms. The summed E-state index contributed by atoms with van der Waals surface area (Å²) in [5, 5.41) is 7.82. The molecule has 9 heteroatoms. The third-order valence-corrected chi connectivity index (χ3v) is 3.93. The molecule has 6 nitrogen and oxygen atoms in total. The highest BCUT2D eigenvalue weighted by Crippen LogP contribution is 2.30. The monoisotopic (exact) mass is 384 g/mol. The molecule has 140 valence electrons. The lowest BCUT2D eigenvalue weighted by Gasteiger charge is -2.13. The number of benzene rings is 1. The van der Waals surface area contributed by atoms with Crippen LogP contribution in [0, 0.1) is 0 Å². The van der Waals surface area contributed by atoms with Crippen molar-refractivity contribution in [1.82, 2.24) is 19.7 Å². The van der Waals surface area contributed by atoms with E-state index < -0.39 is 17.3 Å². The Kier molecular flexibility index (Phi) is 4.26. The quantitative estimate of drug-likeness (QED) is 0.534. The predicted molar refractivity (Wildman–Crippen MR) is 93.6 cm³/mol. The second-order valence-corrected chi connectivity index (χ2v) is 5.74. The largest absolute Gasteiger partial charge is 0.421 e. The van der Waals surface area contributed by atoms with Gasteiger partial charge in [-0.2, -0.15) is 13.2 Å². The van der Waals surface area contributed by atoms with Crippen molar-refractivity contribution in [3.05, 3.63) is 82.8 Å². The standard InChI is InChI=1S/C19H11F3N4O2/c20-19(21,22)13-9-10-14(26(18(13)27)15-8-4-5-11-23-15)17-25-24-16(28-17)12-6-2-1-3-7-12/h1-11H. The Morgan fingerprint density at radius 1 is 0.857 bits per heavy atom. The molecule has 0 N–H and O–H groups in total. The number of pyridine rings is 2. The number of alkyl halides is 3. The molecule has 0 aliphatic carbocycles. The van der Waals surface area contributed by atoms with Crippen LogP contribution in [0.1, 0.15) is 5.56 Å². The fourth-order valence-electron chi connectivity index (χ4n) is 2.66. The number of halogens is 3. The Morgan fingerprint density at radius 3 is 2.25 bits per heavy atom. The summed E-state index contributed by atoms with van der Waals surface area (Å²) in [5.41, 5.74) is -1.95. The van der Waals surface area contributed by atoms with Crippen molar-refractivity contribution in [1.29, 1.82) is 0 Å². The summed E-state index contributed by atoms with van der Waals surface area (Å²) < 4.78 is 46.1. The minimum atomic E-state index is -4.81. The third-order valence-electron chi connectivity index (χ3n) is 3.93. The molecule has 4 aromatic rings. The summed E-state index contributed by atoms with van der Waals surface area (Å²) in [6.07, 6.45) is -3.44. The van der Waals surface area contributed by atoms with Crippen LogP contribution in [-0.2, 0) is 6.18 Å². The Balaban J connectivity index is 1.92. The number of hydrogen-bond acceptors (Lipinski definition) is 5. The molecule has 0 atom stereocenters. The van der Waals surface area contributed by atoms with Gasteiger partial charge >= 0.3 is 6.18 Å². The predicted octanol–water partition coefficient (Wildman–Crippen LogP) is 3.97. The van der Waals surface area contributed by atoms with Gasteiger partial charge in [-0.3, -0.25) is 9.36 Å². The topological polar surface area (TPSA) is 73.8 Å². The van der Waals surface area contributed by atoms with E-state index in [1.54, 1.807) is 36.4 Å². The SMILES string of the molecule is O=c1c(C(F)(F)F)ccc(-c2nnc(-c3ccccc3)o2)n1-c1ccccn1. The van der Waals surface area contributed by atoms with E-state index in [0.717, 1.165) is 10.6 Å². The van der Waals surface area contributed by atoms with Crippen LogP contribution in [0.5, 0.6) is 0 Å². The zero-order valence-electron chi connectivity index (χ0n) is 14.1. The van der Waals surface area contributed by atoms with Crippen molar-refractivity contribution >= 4 is 0 Å². The molecule has 0 saturated carbocycles. The molecule has 0 amide bonds. The van der Waals surface area contributed by atoms with Gasteiger partial charge in [-0.1, -0.05) is 24.3 Å². The molecule has 0 unspecified atom stereocenters. The van der Waals surface area contributed by atoms with Crippen molar-refractivity contribution in [2.24, 2.45) is 0 Å². The van der Waals surface area contributed by atoms with Crippen molar-refractivity contribution in [2.45, 2.75) is 6.18 Å². The first-order valence-electron chi connectivity index (χ1n) is 8.09. The van der Waals surface area contributed by atoms with Gasteiger partial charge < -0.3 is 4.42 Å². The van der Waals surface area contributed by atoms with Gasteiger partial charge in [0.2, 0.25) is 5.89 Å². The summed E-state index contributed by atoms with van der Waals surface area (Å²) in [4.78, 5) is 16.6. The Bertz CT molecular complexity index is 1170. The van der Waals surface area contributed by atoms with Gasteiger partial charge in [0.1, 0.15) is 17.1 Å². The minimum Gasteiger partial charge on any atom is -0.415 e. The molecule has 0 radical (unpaired) electrons. The van der Waals surface area contributed by atoms with Crippen LogP contribution >= 0.6 is 0 Å². The second kappa shape index (κ2) is 6.76. The molecule has 1 aromatic carbocycles. The Morgan fingerprint density at radius 2 is 1.57 bits per heavy atom. The van der Waals surface area contributed by atoms with Crippen molar-refractivity contribution in [3.63, 3.8) is 0 Å². The van der Waals surface area contributed by atoms with E-state index in [1.807, 2.05) is 6.07 Å². The first kappa shape index (κ1) is 17.7. The van der Waals surface area contributed by atoms with Gasteiger partial charge in [-0.25, -0.2) is 4.98 Å². The lowest BCUT2D eigenvalue weighted by atomic mass is 10.2. The zero-order valence-corrected chi connectivity index (χ0v) is 14.1. The van der Waals surface area contributed by atoms with Gasteiger partial charge in [0.15, 0.2) is 0 Å². The van der Waals surface area contributed by atoms with Gasteiger partial charge in [0.25, 0.3) is 11.4 Å². The molecular formula is C19H11F3N4O2. The van der Waals surface area contributed by atoms with E-state index in [-0.39, 0.29) is 23.3 Å². The van der Waals surface area contributed by atoms with E-state index >= 15 is 0 Å². The molecule has 0 aliphatic rings. The molecule has 0 aliphatic heterocycles. The first-order chi connectivity index (χ1) is 13.4. The van der Waals surface area contributed by atoms with Crippen LogP contribution in [-0.4, -0.2) is 19.7 Å². The zero-order chi connectivity index (χ0) is 19.7. The summed E-state index contributed by atoms with van der Waals surface area (Å²) in [6, 6.07) is 15.2. The van der Waals surface area contributed by atoms with Crippen molar-refractivity contribution in [3.8, 4) is 28.9 Å². The fourth-order valence-corrected chi connectivity index (χ4v) is 2.66. The Hall–Kier alpha value is -3.75. The van der Waals surface area contributed by atoms with Gasteiger partial charge in [-0.05, 0) is 36.4 Å². The second-order valence-electron chi connectivity index (χ2n) is 5.74. The summed E-state index contributed by atoms with van der Waals surface area (Å²) in [7, 11) is 0. The Labute approximate surface area is 155 Å². The van der Waals surface area contributed by atoms with Crippen molar-refractivity contribution < 1.29 is 17.6 Å². The van der Waals surface area contributed by atoms with Crippen LogP contribution < -0.4 is 5.56 Å². The molecule has 4 rings (SSSR count). The minimum absolute atomic E-state index is 0.00591. The summed E-state index contributed by atoms with van der Waals surface area (Å²) in [6.45, 7) is 0. The van der Waals surface area contributed by atoms with Crippen LogP contribution in [0.15, 0.2) is 76.1 Å². The molecule has 28 heavy (non-hydrogen) atoms. The highest BCUT2D eigenvalue weighted by molar-refractivity contribution is 5.57. The van der Waals surface area contributed by atoms with E-state index in [0.29, 0.717) is 11.6 Å². The van der Waals surface area contributed by atoms with Gasteiger partial charge in [0.05, 0.1) is 0 Å². The van der Waals surface area contributed by atoms with Crippen LogP contribution in [0.2, 0.25) is 0 Å². The third kappa shape index (κ3) is 3.18. The maximum absolute atomic E-state index is 13.2. The van der Waals surface area contributed by atoms with E-state index in [4.69, 9.17) is 4.42 Å². The maximum atomic E-state index is 13.2.